The third kappa shape index (κ3) is 5.02. The van der Waals surface area contributed by atoms with E-state index in [1.165, 1.54) is 23.2 Å². The Morgan fingerprint density at radius 2 is 2.02 bits per heavy atom. The van der Waals surface area contributed by atoms with Gasteiger partial charge < -0.3 is 19.9 Å². The lowest BCUT2D eigenvalue weighted by atomic mass is 9.83. The van der Waals surface area contributed by atoms with E-state index in [4.69, 9.17) is 9.47 Å². The van der Waals surface area contributed by atoms with Crippen LogP contribution in [0.3, 0.4) is 0 Å². The molecular weight excluding hydrogens is 520 g/mol. The molecule has 0 saturated carbocycles. The molecule has 1 aromatic heterocycles. The second-order valence-electron chi connectivity index (χ2n) is 11.2. The highest BCUT2D eigenvalue weighted by Crippen LogP contribution is 2.46. The number of amides is 1. The summed E-state index contributed by atoms with van der Waals surface area (Å²) in [6.07, 6.45) is 0.510. The second kappa shape index (κ2) is 9.71. The molecule has 3 aromatic rings. The molecule has 0 aliphatic carbocycles. The van der Waals surface area contributed by atoms with Crippen molar-refractivity contribution in [1.82, 2.24) is 9.97 Å². The molecule has 0 saturated heterocycles. The second-order valence-corrected chi connectivity index (χ2v) is 11.2. The summed E-state index contributed by atoms with van der Waals surface area (Å²) in [5.74, 6) is -2.69. The number of ether oxygens (including phenoxy) is 2. The smallest absolute Gasteiger partial charge is 0.414 e. The molecule has 2 aliphatic rings. The van der Waals surface area contributed by atoms with E-state index in [0.717, 1.165) is 0 Å². The maximum atomic E-state index is 14.4. The number of nitrogens with zero attached hydrogens (tertiary/aromatic N) is 4. The molecule has 9 nitrogen and oxygen atoms in total. The van der Waals surface area contributed by atoms with Crippen LogP contribution in [-0.4, -0.2) is 46.5 Å². The summed E-state index contributed by atoms with van der Waals surface area (Å²) in [6.45, 7) is 6.90. The molecule has 3 heterocycles. The van der Waals surface area contributed by atoms with Gasteiger partial charge in [-0.25, -0.2) is 23.5 Å². The maximum absolute atomic E-state index is 14.4. The zero-order valence-corrected chi connectivity index (χ0v) is 22.6. The zero-order valence-electron chi connectivity index (χ0n) is 22.6. The van der Waals surface area contributed by atoms with Gasteiger partial charge in [-0.2, -0.15) is 5.26 Å². The fourth-order valence-corrected chi connectivity index (χ4v) is 4.89. The van der Waals surface area contributed by atoms with E-state index in [0.29, 0.717) is 28.2 Å². The SMILES string of the molecule is CC(C)(C)OC(=O)N1CC(C)(CO)c2cc(-c3ccnc(Nc4ccc5c(c4)C(F)(F)CCO5)n3)cc(C#N)c21. The summed E-state index contributed by atoms with van der Waals surface area (Å²) < 4.78 is 39.8. The van der Waals surface area contributed by atoms with E-state index < -0.39 is 29.5 Å². The molecule has 0 fully saturated rings. The van der Waals surface area contributed by atoms with Crippen LogP contribution in [0.1, 0.15) is 50.8 Å². The number of anilines is 3. The Kier molecular flexibility index (Phi) is 6.62. The number of aromatic nitrogens is 2. The number of fused-ring (bicyclic) bond motifs is 2. The molecule has 0 spiro atoms. The molecule has 1 atom stereocenters. The minimum atomic E-state index is -3.00. The Labute approximate surface area is 230 Å². The first-order chi connectivity index (χ1) is 18.8. The number of nitriles is 1. The summed E-state index contributed by atoms with van der Waals surface area (Å²) in [5.41, 5.74) is 0.827. The summed E-state index contributed by atoms with van der Waals surface area (Å²) in [6, 6.07) is 11.6. The van der Waals surface area contributed by atoms with Crippen LogP contribution < -0.4 is 15.0 Å². The van der Waals surface area contributed by atoms with Crippen molar-refractivity contribution < 1.29 is 28.2 Å². The first kappa shape index (κ1) is 27.3. The number of aliphatic hydroxyl groups is 1. The monoisotopic (exact) mass is 549 g/mol. The van der Waals surface area contributed by atoms with Gasteiger partial charge in [0.15, 0.2) is 0 Å². The minimum Gasteiger partial charge on any atom is -0.493 e. The molecule has 5 rings (SSSR count). The minimum absolute atomic E-state index is 0.0474. The van der Waals surface area contributed by atoms with Crippen molar-refractivity contribution in [3.63, 3.8) is 0 Å². The third-order valence-corrected chi connectivity index (χ3v) is 6.88. The number of nitrogens with one attached hydrogen (secondary N) is 1. The van der Waals surface area contributed by atoms with Crippen molar-refractivity contribution in [2.45, 2.75) is 51.1 Å². The molecule has 2 aromatic carbocycles. The van der Waals surface area contributed by atoms with E-state index in [9.17, 15) is 23.9 Å². The fourth-order valence-electron chi connectivity index (χ4n) is 4.89. The largest absolute Gasteiger partial charge is 0.493 e. The van der Waals surface area contributed by atoms with Crippen molar-refractivity contribution in [3.8, 4) is 23.1 Å². The van der Waals surface area contributed by atoms with E-state index >= 15 is 0 Å². The number of halogens is 2. The highest BCUT2D eigenvalue weighted by molar-refractivity contribution is 5.95. The summed E-state index contributed by atoms with van der Waals surface area (Å²) in [5, 5.41) is 23.3. The van der Waals surface area contributed by atoms with Crippen LogP contribution in [0.2, 0.25) is 0 Å². The predicted molar refractivity (Wildman–Crippen MR) is 144 cm³/mol. The number of alkyl halides is 2. The van der Waals surface area contributed by atoms with E-state index in [2.05, 4.69) is 21.4 Å². The van der Waals surface area contributed by atoms with Crippen LogP contribution in [0.5, 0.6) is 5.75 Å². The van der Waals surface area contributed by atoms with Crippen LogP contribution in [0.15, 0.2) is 42.6 Å². The van der Waals surface area contributed by atoms with Gasteiger partial charge in [-0.3, -0.25) is 4.90 Å². The highest BCUT2D eigenvalue weighted by Gasteiger charge is 2.44. The number of carbonyl (C=O) groups excluding carboxylic acids is 1. The number of hydrogen-bond acceptors (Lipinski definition) is 8. The van der Waals surface area contributed by atoms with Gasteiger partial charge in [0.25, 0.3) is 5.92 Å². The number of rotatable bonds is 4. The molecule has 1 unspecified atom stereocenters. The van der Waals surface area contributed by atoms with Crippen molar-refractivity contribution in [3.05, 3.63) is 59.3 Å². The lowest BCUT2D eigenvalue weighted by molar-refractivity contribution is -0.0404. The number of benzene rings is 2. The van der Waals surface area contributed by atoms with Gasteiger partial charge >= 0.3 is 6.09 Å². The lowest BCUT2D eigenvalue weighted by Crippen LogP contribution is -2.40. The zero-order chi connectivity index (χ0) is 28.9. The average molecular weight is 550 g/mol. The molecule has 40 heavy (non-hydrogen) atoms. The maximum Gasteiger partial charge on any atom is 0.414 e. The van der Waals surface area contributed by atoms with Crippen LogP contribution in [0.4, 0.5) is 30.9 Å². The van der Waals surface area contributed by atoms with Crippen molar-refractivity contribution in [1.29, 1.82) is 5.26 Å². The van der Waals surface area contributed by atoms with Crippen molar-refractivity contribution in [2.75, 3.05) is 30.0 Å². The van der Waals surface area contributed by atoms with Crippen molar-refractivity contribution in [2.24, 2.45) is 0 Å². The molecule has 11 heteroatoms. The third-order valence-electron chi connectivity index (χ3n) is 6.88. The molecule has 208 valence electrons. The Bertz CT molecular complexity index is 1530. The first-order valence-corrected chi connectivity index (χ1v) is 12.8. The normalized spacial score (nSPS) is 19.2. The molecule has 0 bridgehead atoms. The van der Waals surface area contributed by atoms with Crippen LogP contribution in [0.25, 0.3) is 11.3 Å². The highest BCUT2D eigenvalue weighted by atomic mass is 19.3. The number of carbonyl (C=O) groups is 1. The first-order valence-electron chi connectivity index (χ1n) is 12.8. The Morgan fingerprint density at radius 1 is 1.25 bits per heavy atom. The Morgan fingerprint density at radius 3 is 2.73 bits per heavy atom. The van der Waals surface area contributed by atoms with E-state index in [1.807, 2.05) is 6.92 Å². The molecule has 2 N–H and O–H groups in total. The van der Waals surface area contributed by atoms with Crippen LogP contribution in [0, 0.1) is 11.3 Å². The van der Waals surface area contributed by atoms with Crippen LogP contribution in [-0.2, 0) is 16.1 Å². The quantitative estimate of drug-likeness (QED) is 0.429. The van der Waals surface area contributed by atoms with Crippen LogP contribution >= 0.6 is 0 Å². The molecular formula is C29H29F2N5O4. The van der Waals surface area contributed by atoms with Gasteiger partial charge in [0.1, 0.15) is 17.4 Å². The lowest BCUT2D eigenvalue weighted by Gasteiger charge is -2.26. The molecule has 2 aliphatic heterocycles. The van der Waals surface area contributed by atoms with Crippen molar-refractivity contribution >= 4 is 23.4 Å². The molecule has 1 amide bonds. The fraction of sp³-hybridized carbons (Fsp3) is 0.379. The van der Waals surface area contributed by atoms with E-state index in [-0.39, 0.29) is 42.6 Å². The van der Waals surface area contributed by atoms with Gasteiger partial charge in [0.05, 0.1) is 42.1 Å². The average Bonchev–Trinajstić information content (AvgIpc) is 3.21. The van der Waals surface area contributed by atoms with E-state index in [1.54, 1.807) is 45.0 Å². The summed E-state index contributed by atoms with van der Waals surface area (Å²) in [7, 11) is 0. The Hall–Kier alpha value is -4.30. The number of hydrogen-bond donors (Lipinski definition) is 2. The summed E-state index contributed by atoms with van der Waals surface area (Å²) in [4.78, 5) is 23.2. The predicted octanol–water partition coefficient (Wildman–Crippen LogP) is 5.64. The van der Waals surface area contributed by atoms with Gasteiger partial charge in [-0.15, -0.1) is 0 Å². The standard InChI is InChI=1S/C29H29F2N5O4/c1-27(2,3)40-26(38)36-15-28(4,16-37)21-12-17(11-18(14-32)24(21)36)22-7-9-33-25(35-22)34-19-5-6-23-20(13-19)29(30,31)8-10-39-23/h5-7,9,11-13,37H,8,10,15-16H2,1-4H3,(H,33,34,35). The van der Waals surface area contributed by atoms with Gasteiger partial charge in [0, 0.05) is 29.4 Å². The number of aliphatic hydroxyl groups excluding tert-OH is 1. The summed E-state index contributed by atoms with van der Waals surface area (Å²) >= 11 is 0. The van der Waals surface area contributed by atoms with Gasteiger partial charge in [0.2, 0.25) is 5.95 Å². The van der Waals surface area contributed by atoms with Gasteiger partial charge in [-0.05, 0) is 62.7 Å². The topological polar surface area (TPSA) is 121 Å². The Balaban J connectivity index is 1.51. The molecule has 0 radical (unpaired) electrons. The van der Waals surface area contributed by atoms with Gasteiger partial charge in [-0.1, -0.05) is 6.92 Å².